The van der Waals surface area contributed by atoms with Crippen molar-refractivity contribution in [2.45, 2.75) is 83.8 Å². The van der Waals surface area contributed by atoms with E-state index in [-0.39, 0.29) is 17.6 Å². The predicted molar refractivity (Wildman–Crippen MR) is 99.4 cm³/mol. The van der Waals surface area contributed by atoms with Gasteiger partial charge >= 0.3 is 0 Å². The zero-order valence-electron chi connectivity index (χ0n) is 16.4. The molecular formula is C21H36N2O2. The minimum atomic E-state index is 0.0855. The van der Waals surface area contributed by atoms with E-state index in [0.717, 1.165) is 31.8 Å². The second kappa shape index (κ2) is 6.23. The molecule has 0 aromatic carbocycles. The van der Waals surface area contributed by atoms with Crippen LogP contribution in [0.15, 0.2) is 0 Å². The lowest BCUT2D eigenvalue weighted by atomic mass is 9.43. The van der Waals surface area contributed by atoms with Gasteiger partial charge in [0.1, 0.15) is 0 Å². The smallest absolute Gasteiger partial charge is 0.237 e. The second-order valence-corrected chi connectivity index (χ2v) is 10.2. The van der Waals surface area contributed by atoms with Crippen LogP contribution in [0.5, 0.6) is 0 Å². The van der Waals surface area contributed by atoms with Gasteiger partial charge in [-0.1, -0.05) is 20.8 Å². The molecule has 5 fully saturated rings. The van der Waals surface area contributed by atoms with Crippen LogP contribution in [-0.2, 0) is 9.53 Å². The van der Waals surface area contributed by atoms with Gasteiger partial charge in [-0.3, -0.25) is 9.69 Å². The standard InChI is InChI=1S/C21H36N2O2/c1-4-23-8-5-6-17(23)18(24)22-7-9-25-21-12-16-10-19(2,14-21)13-20(3,11-16)15-21/h16-17H,4-15H2,1-3H3,(H,22,24)/t16?,17-,19?,20?,21?/m0/s1. The van der Waals surface area contributed by atoms with Crippen molar-refractivity contribution in [2.75, 3.05) is 26.2 Å². The van der Waals surface area contributed by atoms with Crippen LogP contribution >= 0.6 is 0 Å². The number of likely N-dealkylation sites (tertiary alicyclic amines) is 1. The Bertz CT molecular complexity index is 516. The molecule has 5 rings (SSSR count). The van der Waals surface area contributed by atoms with Crippen LogP contribution in [0, 0.1) is 16.7 Å². The number of carbonyl (C=O) groups is 1. The maximum absolute atomic E-state index is 12.4. The Morgan fingerprint density at radius 3 is 2.52 bits per heavy atom. The maximum Gasteiger partial charge on any atom is 0.237 e. The largest absolute Gasteiger partial charge is 0.373 e. The molecule has 1 N–H and O–H groups in total. The van der Waals surface area contributed by atoms with Gasteiger partial charge in [-0.15, -0.1) is 0 Å². The first-order valence-corrected chi connectivity index (χ1v) is 10.5. The molecule has 1 saturated heterocycles. The third kappa shape index (κ3) is 3.37. The van der Waals surface area contributed by atoms with Gasteiger partial charge in [0.25, 0.3) is 0 Å². The molecule has 0 spiro atoms. The number of ether oxygens (including phenoxy) is 1. The molecule has 4 aliphatic carbocycles. The number of hydrogen-bond acceptors (Lipinski definition) is 3. The lowest BCUT2D eigenvalue weighted by Gasteiger charge is -2.65. The van der Waals surface area contributed by atoms with Crippen LogP contribution in [0.25, 0.3) is 0 Å². The van der Waals surface area contributed by atoms with Crippen molar-refractivity contribution in [1.82, 2.24) is 10.2 Å². The van der Waals surface area contributed by atoms with Crippen molar-refractivity contribution in [3.63, 3.8) is 0 Å². The third-order valence-electron chi connectivity index (χ3n) is 7.46. The van der Waals surface area contributed by atoms with E-state index in [9.17, 15) is 4.79 Å². The Morgan fingerprint density at radius 2 is 1.88 bits per heavy atom. The van der Waals surface area contributed by atoms with Gasteiger partial charge in [0, 0.05) is 6.54 Å². The van der Waals surface area contributed by atoms with Crippen molar-refractivity contribution in [1.29, 1.82) is 0 Å². The molecule has 1 aliphatic heterocycles. The molecule has 1 amide bonds. The summed E-state index contributed by atoms with van der Waals surface area (Å²) in [5.74, 6) is 1.06. The number of carbonyl (C=O) groups excluding carboxylic acids is 1. The SMILES string of the molecule is CCN1CCC[C@H]1C(=O)NCCOC12CC3CC(C)(CC(C)(C3)C1)C2. The molecule has 4 heteroatoms. The first-order chi connectivity index (χ1) is 11.8. The normalized spacial score (nSPS) is 45.9. The Morgan fingerprint density at radius 1 is 1.16 bits per heavy atom. The summed E-state index contributed by atoms with van der Waals surface area (Å²) in [6.07, 6.45) is 10.0. The Kier molecular flexibility index (Phi) is 4.43. The fraction of sp³-hybridized carbons (Fsp3) is 0.952. The summed E-state index contributed by atoms with van der Waals surface area (Å²) in [5.41, 5.74) is 1.07. The molecule has 4 saturated carbocycles. The summed E-state index contributed by atoms with van der Waals surface area (Å²) in [5, 5.41) is 3.13. The maximum atomic E-state index is 12.4. The van der Waals surface area contributed by atoms with E-state index >= 15 is 0 Å². The van der Waals surface area contributed by atoms with Gasteiger partial charge in [-0.2, -0.15) is 0 Å². The number of rotatable bonds is 6. The molecule has 0 radical (unpaired) electrons. The highest BCUT2D eigenvalue weighted by Crippen LogP contribution is 2.67. The van der Waals surface area contributed by atoms with Crippen LogP contribution in [-0.4, -0.2) is 48.7 Å². The van der Waals surface area contributed by atoms with E-state index in [1.807, 2.05) is 0 Å². The average molecular weight is 349 g/mol. The van der Waals surface area contributed by atoms with Crippen LogP contribution in [0.2, 0.25) is 0 Å². The van der Waals surface area contributed by atoms with Gasteiger partial charge in [0.2, 0.25) is 5.91 Å². The summed E-state index contributed by atoms with van der Waals surface area (Å²) in [4.78, 5) is 14.7. The number of nitrogens with zero attached hydrogens (tertiary/aromatic N) is 1. The number of amides is 1. The van der Waals surface area contributed by atoms with Crippen LogP contribution in [0.3, 0.4) is 0 Å². The lowest BCUT2D eigenvalue weighted by Crippen LogP contribution is -2.59. The zero-order valence-corrected chi connectivity index (χ0v) is 16.4. The zero-order chi connectivity index (χ0) is 17.7. The molecule has 0 aromatic rings. The molecule has 4 bridgehead atoms. The summed E-state index contributed by atoms with van der Waals surface area (Å²) in [7, 11) is 0. The van der Waals surface area contributed by atoms with Crippen molar-refractivity contribution in [3.05, 3.63) is 0 Å². The summed E-state index contributed by atoms with van der Waals surface area (Å²) >= 11 is 0. The monoisotopic (exact) mass is 348 g/mol. The van der Waals surface area contributed by atoms with Gasteiger partial charge in [0.05, 0.1) is 18.2 Å². The average Bonchev–Trinajstić information content (AvgIpc) is 2.96. The minimum absolute atomic E-state index is 0.0855. The number of likely N-dealkylation sites (N-methyl/N-ethyl adjacent to an activating group) is 1. The molecule has 4 nitrogen and oxygen atoms in total. The first kappa shape index (κ1) is 17.8. The van der Waals surface area contributed by atoms with Crippen LogP contribution < -0.4 is 5.32 Å². The molecule has 5 aliphatic rings. The molecule has 3 atom stereocenters. The van der Waals surface area contributed by atoms with E-state index in [1.165, 1.54) is 38.5 Å². The fourth-order valence-corrected chi connectivity index (χ4v) is 7.56. The van der Waals surface area contributed by atoms with Crippen molar-refractivity contribution in [3.8, 4) is 0 Å². The van der Waals surface area contributed by atoms with Crippen LogP contribution in [0.4, 0.5) is 0 Å². The van der Waals surface area contributed by atoms with Gasteiger partial charge in [-0.25, -0.2) is 0 Å². The van der Waals surface area contributed by atoms with E-state index in [0.29, 0.717) is 24.0 Å². The minimum Gasteiger partial charge on any atom is -0.373 e. The number of nitrogens with one attached hydrogen (secondary N) is 1. The molecule has 0 aromatic heterocycles. The summed E-state index contributed by atoms with van der Waals surface area (Å²) < 4.78 is 6.51. The van der Waals surface area contributed by atoms with Crippen molar-refractivity contribution >= 4 is 5.91 Å². The Balaban J connectivity index is 1.28. The van der Waals surface area contributed by atoms with Gasteiger partial charge < -0.3 is 10.1 Å². The van der Waals surface area contributed by atoms with Gasteiger partial charge in [0.15, 0.2) is 0 Å². The molecule has 142 valence electrons. The van der Waals surface area contributed by atoms with E-state index < -0.39 is 0 Å². The van der Waals surface area contributed by atoms with Crippen molar-refractivity contribution in [2.24, 2.45) is 16.7 Å². The van der Waals surface area contributed by atoms with E-state index in [1.54, 1.807) is 0 Å². The molecule has 25 heavy (non-hydrogen) atoms. The van der Waals surface area contributed by atoms with E-state index in [2.05, 4.69) is 31.0 Å². The highest BCUT2D eigenvalue weighted by molar-refractivity contribution is 5.82. The first-order valence-electron chi connectivity index (χ1n) is 10.5. The van der Waals surface area contributed by atoms with Gasteiger partial charge in [-0.05, 0) is 81.2 Å². The second-order valence-electron chi connectivity index (χ2n) is 10.2. The number of hydrogen-bond donors (Lipinski definition) is 1. The topological polar surface area (TPSA) is 41.6 Å². The van der Waals surface area contributed by atoms with Crippen molar-refractivity contribution < 1.29 is 9.53 Å². The highest BCUT2D eigenvalue weighted by Gasteiger charge is 2.60. The molecule has 1 heterocycles. The van der Waals surface area contributed by atoms with E-state index in [4.69, 9.17) is 4.74 Å². The predicted octanol–water partition coefficient (Wildman–Crippen LogP) is 3.35. The summed E-state index contributed by atoms with van der Waals surface area (Å²) in [6.45, 7) is 10.5. The molecule has 2 unspecified atom stereocenters. The fourth-order valence-electron chi connectivity index (χ4n) is 7.56. The Labute approximate surface area is 153 Å². The third-order valence-corrected chi connectivity index (χ3v) is 7.46. The highest BCUT2D eigenvalue weighted by atomic mass is 16.5. The van der Waals surface area contributed by atoms with Crippen LogP contribution in [0.1, 0.15) is 72.1 Å². The summed E-state index contributed by atoms with van der Waals surface area (Å²) in [6, 6.07) is 0.0855. The Hall–Kier alpha value is -0.610. The quantitative estimate of drug-likeness (QED) is 0.749. The molecular weight excluding hydrogens is 312 g/mol. The lowest BCUT2D eigenvalue weighted by molar-refractivity contribution is -0.213.